The molecule has 2 N–H and O–H groups in total. The van der Waals surface area contributed by atoms with E-state index in [4.69, 9.17) is 4.74 Å². The Balaban J connectivity index is 1.41. The van der Waals surface area contributed by atoms with Crippen LogP contribution in [-0.4, -0.2) is 51.4 Å². The number of para-hydroxylation sites is 2. The van der Waals surface area contributed by atoms with Gasteiger partial charge in [0.2, 0.25) is 0 Å². The molecular weight excluding hydrogens is 432 g/mol. The normalized spacial score (nSPS) is 14.4. The van der Waals surface area contributed by atoms with Gasteiger partial charge in [-0.25, -0.2) is 0 Å². The Morgan fingerprint density at radius 3 is 2.53 bits per heavy atom. The number of carbonyl (C=O) groups excluding carboxylic acids is 1. The van der Waals surface area contributed by atoms with Crippen molar-refractivity contribution < 1.29 is 14.6 Å². The average molecular weight is 459 g/mol. The van der Waals surface area contributed by atoms with Gasteiger partial charge in [0.05, 0.1) is 35.4 Å². The highest BCUT2D eigenvalue weighted by Crippen LogP contribution is 2.23. The number of pyridine rings is 1. The Labute approximate surface area is 196 Å². The highest BCUT2D eigenvalue weighted by atomic mass is 16.5. The van der Waals surface area contributed by atoms with E-state index in [0.29, 0.717) is 22.3 Å². The molecule has 1 saturated heterocycles. The number of hydrogen-bond acceptors (Lipinski definition) is 5. The molecule has 2 aromatic carbocycles. The second kappa shape index (κ2) is 9.17. The van der Waals surface area contributed by atoms with Crippen LogP contribution in [0.1, 0.15) is 15.9 Å². The fourth-order valence-corrected chi connectivity index (χ4v) is 4.34. The first-order valence-corrected chi connectivity index (χ1v) is 11.2. The number of fused-ring (bicyclic) bond motifs is 1. The summed E-state index contributed by atoms with van der Waals surface area (Å²) in [6.45, 7) is 4.18. The molecule has 5 rings (SSSR count). The van der Waals surface area contributed by atoms with Crippen LogP contribution in [0.5, 0.6) is 5.75 Å². The van der Waals surface area contributed by atoms with Crippen LogP contribution < -0.4 is 10.9 Å². The molecule has 1 amide bonds. The third-order valence-corrected chi connectivity index (χ3v) is 6.15. The van der Waals surface area contributed by atoms with Crippen LogP contribution in [0, 0.1) is 0 Å². The minimum Gasteiger partial charge on any atom is -0.506 e. The maximum Gasteiger partial charge on any atom is 0.265 e. The Kier molecular flexibility index (Phi) is 5.91. The van der Waals surface area contributed by atoms with Crippen molar-refractivity contribution >= 4 is 22.5 Å². The molecule has 34 heavy (non-hydrogen) atoms. The molecule has 8 heteroatoms. The molecular formula is C26H26N4O4. The van der Waals surface area contributed by atoms with Crippen LogP contribution in [0.25, 0.3) is 16.6 Å². The summed E-state index contributed by atoms with van der Waals surface area (Å²) in [7, 11) is 1.79. The van der Waals surface area contributed by atoms with E-state index in [1.165, 1.54) is 10.6 Å². The highest BCUT2D eigenvalue weighted by molar-refractivity contribution is 6.12. The Morgan fingerprint density at radius 1 is 1.06 bits per heavy atom. The molecule has 0 radical (unpaired) electrons. The van der Waals surface area contributed by atoms with Gasteiger partial charge in [0.15, 0.2) is 0 Å². The van der Waals surface area contributed by atoms with Crippen molar-refractivity contribution in [1.29, 1.82) is 0 Å². The van der Waals surface area contributed by atoms with E-state index in [2.05, 4.69) is 10.2 Å². The Hall–Kier alpha value is -3.88. The molecule has 3 heterocycles. The standard InChI is InChI=1S/C26H26N4O4/c1-28-17-20(24-22(28)10-11-30(26(24)33)21-4-2-3-5-23(21)31)25(32)27-19-8-6-18(7-9-19)16-29-12-14-34-15-13-29/h2-11,17,31H,12-16H2,1H3,(H,27,32). The second-order valence-corrected chi connectivity index (χ2v) is 8.43. The van der Waals surface area contributed by atoms with Gasteiger partial charge in [-0.2, -0.15) is 0 Å². The smallest absolute Gasteiger partial charge is 0.265 e. The lowest BCUT2D eigenvalue weighted by Gasteiger charge is -2.26. The number of phenols is 1. The number of ether oxygens (including phenoxy) is 1. The number of benzene rings is 2. The molecule has 2 aromatic heterocycles. The van der Waals surface area contributed by atoms with Gasteiger partial charge in [-0.3, -0.25) is 19.1 Å². The van der Waals surface area contributed by atoms with E-state index in [1.54, 1.807) is 48.3 Å². The Morgan fingerprint density at radius 2 is 1.79 bits per heavy atom. The zero-order chi connectivity index (χ0) is 23.7. The van der Waals surface area contributed by atoms with Gasteiger partial charge in [0, 0.05) is 44.8 Å². The number of anilines is 1. The predicted molar refractivity (Wildman–Crippen MR) is 131 cm³/mol. The molecule has 8 nitrogen and oxygen atoms in total. The minimum absolute atomic E-state index is 0.0111. The molecule has 1 fully saturated rings. The number of nitrogens with one attached hydrogen (secondary N) is 1. The fraction of sp³-hybridized carbons (Fsp3) is 0.231. The van der Waals surface area contributed by atoms with E-state index in [9.17, 15) is 14.7 Å². The van der Waals surface area contributed by atoms with Crippen LogP contribution in [0.15, 0.2) is 71.8 Å². The van der Waals surface area contributed by atoms with Crippen LogP contribution in [0.4, 0.5) is 5.69 Å². The molecule has 4 aromatic rings. The van der Waals surface area contributed by atoms with E-state index < -0.39 is 0 Å². The van der Waals surface area contributed by atoms with Gasteiger partial charge < -0.3 is 19.7 Å². The van der Waals surface area contributed by atoms with Crippen molar-refractivity contribution in [3.63, 3.8) is 0 Å². The minimum atomic E-state index is -0.370. The van der Waals surface area contributed by atoms with E-state index in [-0.39, 0.29) is 22.8 Å². The number of nitrogens with zero attached hydrogens (tertiary/aromatic N) is 3. The van der Waals surface area contributed by atoms with E-state index >= 15 is 0 Å². The predicted octanol–water partition coefficient (Wildman–Crippen LogP) is 3.12. The topological polar surface area (TPSA) is 88.7 Å². The van der Waals surface area contributed by atoms with Gasteiger partial charge in [-0.05, 0) is 35.9 Å². The first kappa shape index (κ1) is 21.9. The summed E-state index contributed by atoms with van der Waals surface area (Å²) >= 11 is 0. The summed E-state index contributed by atoms with van der Waals surface area (Å²) in [5.74, 6) is -0.373. The number of aryl methyl sites for hydroxylation is 1. The third-order valence-electron chi connectivity index (χ3n) is 6.15. The number of aromatic hydroxyl groups is 1. The van der Waals surface area contributed by atoms with Crippen molar-refractivity contribution in [2.45, 2.75) is 6.54 Å². The highest BCUT2D eigenvalue weighted by Gasteiger charge is 2.19. The molecule has 0 atom stereocenters. The molecule has 1 aliphatic heterocycles. The second-order valence-electron chi connectivity index (χ2n) is 8.43. The van der Waals surface area contributed by atoms with Crippen molar-refractivity contribution in [3.05, 3.63) is 88.5 Å². The zero-order valence-electron chi connectivity index (χ0n) is 18.9. The molecule has 0 saturated carbocycles. The van der Waals surface area contributed by atoms with Crippen LogP contribution >= 0.6 is 0 Å². The third kappa shape index (κ3) is 4.21. The lowest BCUT2D eigenvalue weighted by molar-refractivity contribution is 0.0342. The van der Waals surface area contributed by atoms with Gasteiger partial charge in [-0.15, -0.1) is 0 Å². The first-order valence-electron chi connectivity index (χ1n) is 11.2. The van der Waals surface area contributed by atoms with Crippen LogP contribution in [0.3, 0.4) is 0 Å². The van der Waals surface area contributed by atoms with Crippen molar-refractivity contribution in [1.82, 2.24) is 14.0 Å². The first-order chi connectivity index (χ1) is 16.5. The number of carbonyl (C=O) groups is 1. The molecule has 0 spiro atoms. The van der Waals surface area contributed by atoms with Crippen LogP contribution in [0.2, 0.25) is 0 Å². The number of hydrogen-bond donors (Lipinski definition) is 2. The Bertz CT molecular complexity index is 1400. The van der Waals surface area contributed by atoms with Gasteiger partial charge in [0.25, 0.3) is 11.5 Å². The lowest BCUT2D eigenvalue weighted by atomic mass is 10.1. The van der Waals surface area contributed by atoms with Gasteiger partial charge in [0.1, 0.15) is 5.75 Å². The SMILES string of the molecule is Cn1cc(C(=O)Nc2ccc(CN3CCOCC3)cc2)c2c(=O)n(-c3ccccc3O)ccc21. The van der Waals surface area contributed by atoms with Crippen molar-refractivity contribution in [3.8, 4) is 11.4 Å². The summed E-state index contributed by atoms with van der Waals surface area (Å²) in [6, 6.07) is 16.1. The number of morpholine rings is 1. The number of phenolic OH excluding ortho intramolecular Hbond substituents is 1. The summed E-state index contributed by atoms with van der Waals surface area (Å²) in [6.07, 6.45) is 3.26. The summed E-state index contributed by atoms with van der Waals surface area (Å²) in [5.41, 5.74) is 2.73. The number of aromatic nitrogens is 2. The molecule has 0 aliphatic carbocycles. The largest absolute Gasteiger partial charge is 0.506 e. The molecule has 0 unspecified atom stereocenters. The summed E-state index contributed by atoms with van der Waals surface area (Å²) < 4.78 is 8.51. The van der Waals surface area contributed by atoms with Gasteiger partial charge >= 0.3 is 0 Å². The summed E-state index contributed by atoms with van der Waals surface area (Å²) in [5, 5.41) is 13.4. The molecule has 1 aliphatic rings. The summed E-state index contributed by atoms with van der Waals surface area (Å²) in [4.78, 5) is 28.9. The molecule has 174 valence electrons. The van der Waals surface area contributed by atoms with Crippen molar-refractivity contribution in [2.24, 2.45) is 7.05 Å². The maximum atomic E-state index is 13.4. The number of rotatable bonds is 5. The quantitative estimate of drug-likeness (QED) is 0.480. The van der Waals surface area contributed by atoms with E-state index in [0.717, 1.165) is 38.4 Å². The average Bonchev–Trinajstić information content (AvgIpc) is 3.19. The molecule has 0 bridgehead atoms. The number of amides is 1. The van der Waals surface area contributed by atoms with Gasteiger partial charge in [-0.1, -0.05) is 24.3 Å². The maximum absolute atomic E-state index is 13.4. The zero-order valence-corrected chi connectivity index (χ0v) is 18.9. The van der Waals surface area contributed by atoms with Crippen molar-refractivity contribution in [2.75, 3.05) is 31.6 Å². The monoisotopic (exact) mass is 458 g/mol. The van der Waals surface area contributed by atoms with Crippen LogP contribution in [-0.2, 0) is 18.3 Å². The van der Waals surface area contributed by atoms with E-state index in [1.807, 2.05) is 24.3 Å². The lowest BCUT2D eigenvalue weighted by Crippen LogP contribution is -2.35. The fourth-order valence-electron chi connectivity index (χ4n) is 4.34.